The molecule has 1 aromatic rings. The van der Waals surface area contributed by atoms with Crippen molar-refractivity contribution in [2.45, 2.75) is 51.8 Å². The standard InChI is InChI=1S/C14H23N3O2S/c1-10(12-15-6-8-20-12)17-7-5-11(9-17)16-13(18)19-14(2,3)4/h6,8,10-11H,5,7,9H2,1-4H3,(H,16,18)/t10-,11-/m0/s1. The van der Waals surface area contributed by atoms with Crippen LogP contribution in [0.15, 0.2) is 11.6 Å². The lowest BCUT2D eigenvalue weighted by Gasteiger charge is -2.24. The van der Waals surface area contributed by atoms with Crippen LogP contribution in [0.5, 0.6) is 0 Å². The Morgan fingerprint density at radius 1 is 1.60 bits per heavy atom. The van der Waals surface area contributed by atoms with E-state index >= 15 is 0 Å². The molecule has 0 bridgehead atoms. The predicted octanol–water partition coefficient (Wildman–Crippen LogP) is 2.80. The molecule has 1 fully saturated rings. The lowest BCUT2D eigenvalue weighted by molar-refractivity contribution is 0.0504. The van der Waals surface area contributed by atoms with E-state index in [0.29, 0.717) is 6.04 Å². The molecule has 112 valence electrons. The van der Waals surface area contributed by atoms with Gasteiger partial charge in [0, 0.05) is 30.7 Å². The summed E-state index contributed by atoms with van der Waals surface area (Å²) in [5.74, 6) is 0. The van der Waals surface area contributed by atoms with E-state index in [0.717, 1.165) is 24.5 Å². The highest BCUT2D eigenvalue weighted by Crippen LogP contribution is 2.26. The Morgan fingerprint density at radius 3 is 2.95 bits per heavy atom. The van der Waals surface area contributed by atoms with Crippen molar-refractivity contribution in [1.29, 1.82) is 0 Å². The number of amides is 1. The SMILES string of the molecule is C[C@@H](c1nccs1)N1CC[C@H](NC(=O)OC(C)(C)C)C1. The van der Waals surface area contributed by atoms with Crippen LogP contribution < -0.4 is 5.32 Å². The van der Waals surface area contributed by atoms with Crippen LogP contribution in [0.25, 0.3) is 0 Å². The van der Waals surface area contributed by atoms with Crippen LogP contribution in [0.4, 0.5) is 4.79 Å². The summed E-state index contributed by atoms with van der Waals surface area (Å²) in [6.45, 7) is 9.60. The van der Waals surface area contributed by atoms with Crippen molar-refractivity contribution in [2.24, 2.45) is 0 Å². The number of carbonyl (C=O) groups is 1. The number of aromatic nitrogens is 1. The molecule has 1 amide bonds. The Labute approximate surface area is 124 Å². The summed E-state index contributed by atoms with van der Waals surface area (Å²) in [5.41, 5.74) is -0.448. The first kappa shape index (κ1) is 15.3. The molecule has 1 aromatic heterocycles. The molecular weight excluding hydrogens is 274 g/mol. The van der Waals surface area contributed by atoms with Gasteiger partial charge in [-0.05, 0) is 34.1 Å². The fraction of sp³-hybridized carbons (Fsp3) is 0.714. The van der Waals surface area contributed by atoms with Crippen LogP contribution in [-0.2, 0) is 4.74 Å². The molecule has 2 atom stereocenters. The number of rotatable bonds is 3. The summed E-state index contributed by atoms with van der Waals surface area (Å²) in [5, 5.41) is 6.07. The molecule has 5 nitrogen and oxygen atoms in total. The Morgan fingerprint density at radius 2 is 2.35 bits per heavy atom. The molecular formula is C14H23N3O2S. The number of nitrogens with zero attached hydrogens (tertiary/aromatic N) is 2. The van der Waals surface area contributed by atoms with Gasteiger partial charge in [0.1, 0.15) is 10.6 Å². The van der Waals surface area contributed by atoms with Crippen molar-refractivity contribution >= 4 is 17.4 Å². The average molecular weight is 297 g/mol. The monoisotopic (exact) mass is 297 g/mol. The Kier molecular flexibility index (Phi) is 4.65. The second-order valence-corrected chi connectivity index (χ2v) is 7.10. The lowest BCUT2D eigenvalue weighted by atomic mass is 10.2. The van der Waals surface area contributed by atoms with Crippen molar-refractivity contribution in [3.05, 3.63) is 16.6 Å². The van der Waals surface area contributed by atoms with Crippen LogP contribution in [-0.4, -0.2) is 40.7 Å². The highest BCUT2D eigenvalue weighted by atomic mass is 32.1. The summed E-state index contributed by atoms with van der Waals surface area (Å²) in [7, 11) is 0. The molecule has 2 heterocycles. The maximum atomic E-state index is 11.8. The predicted molar refractivity (Wildman–Crippen MR) is 79.9 cm³/mol. The zero-order valence-corrected chi connectivity index (χ0v) is 13.4. The first-order valence-electron chi connectivity index (χ1n) is 6.98. The van der Waals surface area contributed by atoms with Crippen molar-refractivity contribution < 1.29 is 9.53 Å². The third kappa shape index (κ3) is 4.18. The van der Waals surface area contributed by atoms with E-state index in [4.69, 9.17) is 4.74 Å². The molecule has 20 heavy (non-hydrogen) atoms. The molecule has 1 saturated heterocycles. The number of alkyl carbamates (subject to hydrolysis) is 1. The zero-order chi connectivity index (χ0) is 14.8. The van der Waals surface area contributed by atoms with Gasteiger partial charge in [0.15, 0.2) is 0 Å². The molecule has 0 aromatic carbocycles. The van der Waals surface area contributed by atoms with Gasteiger partial charge < -0.3 is 10.1 Å². The van der Waals surface area contributed by atoms with Crippen molar-refractivity contribution in [1.82, 2.24) is 15.2 Å². The number of ether oxygens (including phenoxy) is 1. The normalized spacial score (nSPS) is 21.7. The van der Waals surface area contributed by atoms with Gasteiger partial charge in [-0.15, -0.1) is 11.3 Å². The van der Waals surface area contributed by atoms with Gasteiger partial charge in [0.2, 0.25) is 0 Å². The smallest absolute Gasteiger partial charge is 0.407 e. The highest BCUT2D eigenvalue weighted by Gasteiger charge is 2.29. The molecule has 6 heteroatoms. The second kappa shape index (κ2) is 6.10. The van der Waals surface area contributed by atoms with Crippen molar-refractivity contribution in [3.8, 4) is 0 Å². The summed E-state index contributed by atoms with van der Waals surface area (Å²) in [6.07, 6.45) is 2.46. The first-order valence-corrected chi connectivity index (χ1v) is 7.86. The molecule has 0 radical (unpaired) electrons. The minimum absolute atomic E-state index is 0.160. The van der Waals surface area contributed by atoms with Crippen molar-refractivity contribution in [3.63, 3.8) is 0 Å². The van der Waals surface area contributed by atoms with Crippen LogP contribution in [0.2, 0.25) is 0 Å². The van der Waals surface area contributed by atoms with Gasteiger partial charge in [-0.2, -0.15) is 0 Å². The topological polar surface area (TPSA) is 54.5 Å². The van der Waals surface area contributed by atoms with E-state index in [1.54, 1.807) is 11.3 Å². The number of hydrogen-bond donors (Lipinski definition) is 1. The van der Waals surface area contributed by atoms with Gasteiger partial charge in [-0.25, -0.2) is 9.78 Å². The van der Waals surface area contributed by atoms with Crippen LogP contribution in [0.1, 0.15) is 45.2 Å². The molecule has 0 saturated carbocycles. The average Bonchev–Trinajstić information content (AvgIpc) is 2.95. The van der Waals surface area contributed by atoms with Gasteiger partial charge in [-0.1, -0.05) is 0 Å². The number of carbonyl (C=O) groups excluding carboxylic acids is 1. The molecule has 1 N–H and O–H groups in total. The molecule has 0 spiro atoms. The maximum absolute atomic E-state index is 11.8. The number of thiazole rings is 1. The molecule has 2 rings (SSSR count). The van der Waals surface area contributed by atoms with E-state index in [1.807, 2.05) is 32.3 Å². The van der Waals surface area contributed by atoms with E-state index in [2.05, 4.69) is 22.1 Å². The molecule has 1 aliphatic rings. The van der Waals surface area contributed by atoms with Crippen LogP contribution in [0.3, 0.4) is 0 Å². The fourth-order valence-electron chi connectivity index (χ4n) is 2.33. The van der Waals surface area contributed by atoms with Gasteiger partial charge in [0.05, 0.1) is 6.04 Å². The summed E-state index contributed by atoms with van der Waals surface area (Å²) in [4.78, 5) is 18.5. The highest BCUT2D eigenvalue weighted by molar-refractivity contribution is 7.09. The first-order chi connectivity index (χ1) is 9.35. The van der Waals surface area contributed by atoms with Gasteiger partial charge in [0.25, 0.3) is 0 Å². The van der Waals surface area contributed by atoms with Gasteiger partial charge in [-0.3, -0.25) is 4.90 Å². The summed E-state index contributed by atoms with van der Waals surface area (Å²) in [6, 6.07) is 0.465. The largest absolute Gasteiger partial charge is 0.444 e. The Balaban J connectivity index is 1.82. The minimum atomic E-state index is -0.448. The minimum Gasteiger partial charge on any atom is -0.444 e. The Bertz CT molecular complexity index is 442. The van der Waals surface area contributed by atoms with Crippen LogP contribution in [0, 0.1) is 0 Å². The molecule has 0 aliphatic carbocycles. The quantitative estimate of drug-likeness (QED) is 0.932. The van der Waals surface area contributed by atoms with Crippen molar-refractivity contribution in [2.75, 3.05) is 13.1 Å². The number of likely N-dealkylation sites (tertiary alicyclic amines) is 1. The second-order valence-electron chi connectivity index (χ2n) is 6.17. The fourth-order valence-corrected chi connectivity index (χ4v) is 3.06. The molecule has 0 unspecified atom stereocenters. The lowest BCUT2D eigenvalue weighted by Crippen LogP contribution is -2.40. The van der Waals surface area contributed by atoms with Gasteiger partial charge >= 0.3 is 6.09 Å². The third-order valence-corrected chi connectivity index (χ3v) is 4.24. The van der Waals surface area contributed by atoms with E-state index in [9.17, 15) is 4.79 Å². The third-order valence-electron chi connectivity index (χ3n) is 3.30. The van der Waals surface area contributed by atoms with E-state index < -0.39 is 5.60 Å². The molecule has 1 aliphatic heterocycles. The summed E-state index contributed by atoms with van der Waals surface area (Å²) >= 11 is 1.68. The summed E-state index contributed by atoms with van der Waals surface area (Å²) < 4.78 is 5.29. The van der Waals surface area contributed by atoms with E-state index in [-0.39, 0.29) is 12.1 Å². The zero-order valence-electron chi connectivity index (χ0n) is 12.5. The number of hydrogen-bond acceptors (Lipinski definition) is 5. The Hall–Kier alpha value is -1.14. The van der Waals surface area contributed by atoms with Crippen LogP contribution >= 0.6 is 11.3 Å². The van der Waals surface area contributed by atoms with E-state index in [1.165, 1.54) is 0 Å². The number of nitrogens with one attached hydrogen (secondary N) is 1. The maximum Gasteiger partial charge on any atom is 0.407 e.